The van der Waals surface area contributed by atoms with Gasteiger partial charge < -0.3 is 0 Å². The van der Waals surface area contributed by atoms with Gasteiger partial charge in [-0.3, -0.25) is 0 Å². The van der Waals surface area contributed by atoms with Gasteiger partial charge in [0, 0.05) is 65.4 Å². The van der Waals surface area contributed by atoms with Crippen molar-refractivity contribution < 1.29 is 0 Å². The zero-order valence-electron chi connectivity index (χ0n) is 14.4. The minimum Gasteiger partial charge on any atom is -0.246 e. The molecule has 134 valence electrons. The standard InChI is InChI=1S/C12H26N9P3/c1-16(2)22(17-3-4-17)13-23(18-5-6-18,19-7-8-19)15-24(14-22,20-9-10-20)21-11-12-21/h3-12H2,1-2H3. The third-order valence-corrected chi connectivity index (χ3v) is 17.9. The van der Waals surface area contributed by atoms with E-state index in [1.807, 2.05) is 0 Å². The molecule has 24 heavy (non-hydrogen) atoms. The molecule has 0 aromatic heterocycles. The highest BCUT2D eigenvalue weighted by atomic mass is 31.3. The van der Waals surface area contributed by atoms with Crippen LogP contribution in [0.1, 0.15) is 0 Å². The molecule has 0 radical (unpaired) electrons. The Hall–Kier alpha value is 0.450. The smallest absolute Gasteiger partial charge is 0.221 e. The number of rotatable bonds is 6. The van der Waals surface area contributed by atoms with Gasteiger partial charge in [-0.05, 0) is 14.1 Å². The molecule has 6 rings (SSSR count). The van der Waals surface area contributed by atoms with Crippen LogP contribution in [0.2, 0.25) is 0 Å². The van der Waals surface area contributed by atoms with Gasteiger partial charge in [0.05, 0.1) is 0 Å². The van der Waals surface area contributed by atoms with Crippen molar-refractivity contribution in [1.29, 1.82) is 0 Å². The topological polar surface area (TPSA) is 55.4 Å². The summed E-state index contributed by atoms with van der Waals surface area (Å²) in [5.41, 5.74) is 0. The maximum atomic E-state index is 5.65. The summed E-state index contributed by atoms with van der Waals surface area (Å²) in [5, 5.41) is 0. The van der Waals surface area contributed by atoms with Crippen molar-refractivity contribution in [2.45, 2.75) is 0 Å². The minimum absolute atomic E-state index is 1.15. The van der Waals surface area contributed by atoms with E-state index >= 15 is 0 Å². The number of nitrogens with zero attached hydrogens (tertiary/aromatic N) is 9. The van der Waals surface area contributed by atoms with E-state index in [1.165, 1.54) is 52.4 Å². The van der Waals surface area contributed by atoms with E-state index in [2.05, 4.69) is 42.1 Å². The summed E-state index contributed by atoms with van der Waals surface area (Å²) in [6.07, 6.45) is 0. The molecule has 6 aliphatic heterocycles. The summed E-state index contributed by atoms with van der Waals surface area (Å²) < 4.78 is 32.1. The monoisotopic (exact) mass is 389 g/mol. The van der Waals surface area contributed by atoms with Crippen LogP contribution in [0.15, 0.2) is 13.5 Å². The van der Waals surface area contributed by atoms with Crippen LogP contribution in [0.4, 0.5) is 0 Å². The van der Waals surface area contributed by atoms with Gasteiger partial charge >= 0.3 is 0 Å². The second kappa shape index (κ2) is 4.83. The van der Waals surface area contributed by atoms with Gasteiger partial charge in [0.15, 0.2) is 0 Å². The van der Waals surface area contributed by atoms with Crippen molar-refractivity contribution in [3.8, 4) is 0 Å². The molecule has 1 unspecified atom stereocenters. The van der Waals surface area contributed by atoms with Crippen molar-refractivity contribution in [2.24, 2.45) is 13.5 Å². The summed E-state index contributed by atoms with van der Waals surface area (Å²) >= 11 is 0. The van der Waals surface area contributed by atoms with Crippen LogP contribution in [0.5, 0.6) is 0 Å². The Morgan fingerprint density at radius 3 is 1.25 bits per heavy atom. The Labute approximate surface area is 144 Å². The minimum atomic E-state index is -1.97. The second-order valence-electron chi connectivity index (χ2n) is 7.49. The van der Waals surface area contributed by atoms with E-state index in [9.17, 15) is 0 Å². The Morgan fingerprint density at radius 2 is 0.917 bits per heavy atom. The molecule has 0 spiro atoms. The van der Waals surface area contributed by atoms with Crippen LogP contribution in [0, 0.1) is 0 Å². The largest absolute Gasteiger partial charge is 0.246 e. The molecule has 12 heteroatoms. The Kier molecular flexibility index (Phi) is 3.12. The van der Waals surface area contributed by atoms with E-state index in [1.54, 1.807) is 0 Å². The molecule has 0 bridgehead atoms. The molecule has 0 aromatic carbocycles. The lowest BCUT2D eigenvalue weighted by molar-refractivity contribution is 0.621. The van der Waals surface area contributed by atoms with Crippen LogP contribution in [0.3, 0.4) is 0 Å². The van der Waals surface area contributed by atoms with Gasteiger partial charge in [-0.1, -0.05) is 0 Å². The highest BCUT2D eigenvalue weighted by molar-refractivity contribution is 7.83. The molecule has 1 atom stereocenters. The first-order valence-electron chi connectivity index (χ1n) is 8.96. The highest BCUT2D eigenvalue weighted by Gasteiger charge is 2.58. The molecule has 5 saturated heterocycles. The van der Waals surface area contributed by atoms with Crippen LogP contribution in [0.25, 0.3) is 0 Å². The van der Waals surface area contributed by atoms with E-state index in [4.69, 9.17) is 13.5 Å². The lowest BCUT2D eigenvalue weighted by atomic mass is 11.0. The Bertz CT molecular complexity index is 606. The van der Waals surface area contributed by atoms with Gasteiger partial charge in [0.25, 0.3) is 0 Å². The first kappa shape index (κ1) is 15.5. The molecule has 5 fully saturated rings. The molecule has 6 aliphatic rings. The van der Waals surface area contributed by atoms with Crippen molar-refractivity contribution in [3.63, 3.8) is 0 Å². The molecule has 6 heterocycles. The average Bonchev–Trinajstić information content (AvgIpc) is 3.50. The van der Waals surface area contributed by atoms with E-state index in [0.717, 1.165) is 13.1 Å². The predicted molar refractivity (Wildman–Crippen MR) is 99.6 cm³/mol. The summed E-state index contributed by atoms with van der Waals surface area (Å²) in [6, 6.07) is 0. The fraction of sp³-hybridized carbons (Fsp3) is 1.00. The molecule has 0 N–H and O–H groups in total. The van der Waals surface area contributed by atoms with E-state index < -0.39 is 22.5 Å². The third-order valence-electron chi connectivity index (χ3n) is 5.27. The Morgan fingerprint density at radius 1 is 0.542 bits per heavy atom. The molecule has 0 amide bonds. The van der Waals surface area contributed by atoms with Gasteiger partial charge in [-0.25, -0.2) is 28.0 Å². The lowest BCUT2D eigenvalue weighted by Crippen LogP contribution is -2.18. The molecule has 0 aliphatic carbocycles. The first-order chi connectivity index (χ1) is 11.6. The Balaban J connectivity index is 1.66. The number of hydrogen-bond donors (Lipinski definition) is 0. The maximum Gasteiger partial charge on any atom is 0.221 e. The zero-order chi connectivity index (χ0) is 16.2. The van der Waals surface area contributed by atoms with Crippen LogP contribution in [-0.4, -0.2) is 108 Å². The van der Waals surface area contributed by atoms with Gasteiger partial charge in [0.1, 0.15) is 0 Å². The van der Waals surface area contributed by atoms with Gasteiger partial charge in [-0.2, -0.15) is 13.5 Å². The average molecular weight is 389 g/mol. The maximum absolute atomic E-state index is 5.65. The number of hydrogen-bond acceptors (Lipinski definition) is 9. The lowest BCUT2D eigenvalue weighted by Gasteiger charge is -2.40. The predicted octanol–water partition coefficient (Wildman–Crippen LogP) is 1.98. The van der Waals surface area contributed by atoms with Crippen molar-refractivity contribution >= 4 is 22.5 Å². The third kappa shape index (κ3) is 2.14. The van der Waals surface area contributed by atoms with Crippen LogP contribution in [-0.2, 0) is 0 Å². The zero-order valence-corrected chi connectivity index (χ0v) is 17.1. The normalized spacial score (nSPS) is 40.6. The second-order valence-corrected chi connectivity index (χ2v) is 16.5. The molecular weight excluding hydrogens is 363 g/mol. The van der Waals surface area contributed by atoms with Crippen LogP contribution < -0.4 is 0 Å². The van der Waals surface area contributed by atoms with E-state index in [-0.39, 0.29) is 0 Å². The molecule has 0 saturated carbocycles. The summed E-state index contributed by atoms with van der Waals surface area (Å²) in [4.78, 5) is 0. The van der Waals surface area contributed by atoms with E-state index in [0.29, 0.717) is 0 Å². The molecular formula is C12H26N9P3. The highest BCUT2D eigenvalue weighted by Crippen LogP contribution is 2.86. The summed E-state index contributed by atoms with van der Waals surface area (Å²) in [7, 11) is -1.36. The molecule has 9 nitrogen and oxygen atoms in total. The fourth-order valence-electron chi connectivity index (χ4n) is 3.44. The SMILES string of the molecule is CN(C)P1(N2CC2)=NP(N2CC2)(N2CC2)=NP(N2CC2)(N2CC2)=N1. The first-order valence-corrected chi connectivity index (χ1v) is 13.8. The van der Waals surface area contributed by atoms with Gasteiger partial charge in [-0.15, -0.1) is 0 Å². The summed E-state index contributed by atoms with van der Waals surface area (Å²) in [5.74, 6) is 0. The fourth-order valence-corrected chi connectivity index (χ4v) is 18.9. The van der Waals surface area contributed by atoms with Gasteiger partial charge in [0.2, 0.25) is 22.5 Å². The van der Waals surface area contributed by atoms with Crippen molar-refractivity contribution in [3.05, 3.63) is 0 Å². The van der Waals surface area contributed by atoms with Crippen LogP contribution >= 0.6 is 22.5 Å². The molecule has 0 aromatic rings. The van der Waals surface area contributed by atoms with Crippen molar-refractivity contribution in [1.82, 2.24) is 28.0 Å². The quantitative estimate of drug-likeness (QED) is 0.512. The summed E-state index contributed by atoms with van der Waals surface area (Å²) in [6.45, 7) is 11.7. The van der Waals surface area contributed by atoms with Crippen molar-refractivity contribution in [2.75, 3.05) is 79.5 Å².